The third-order valence-corrected chi connectivity index (χ3v) is 2.33. The number of hydrogen-bond donors (Lipinski definition) is 1. The highest BCUT2D eigenvalue weighted by Crippen LogP contribution is 2.22. The molecular formula is C10H12FIN2O2. The Labute approximate surface area is 107 Å². The molecule has 0 aliphatic heterocycles. The second-order valence-electron chi connectivity index (χ2n) is 4.18. The molecule has 0 aromatic carbocycles. The summed E-state index contributed by atoms with van der Waals surface area (Å²) in [5.41, 5.74) is -0.429. The van der Waals surface area contributed by atoms with Crippen molar-refractivity contribution in [2.24, 2.45) is 0 Å². The van der Waals surface area contributed by atoms with Gasteiger partial charge in [0, 0.05) is 11.7 Å². The number of aromatic nitrogens is 1. The van der Waals surface area contributed by atoms with Gasteiger partial charge in [-0.2, -0.15) is 4.39 Å². The van der Waals surface area contributed by atoms with Crippen LogP contribution in [0.2, 0.25) is 0 Å². The minimum absolute atomic E-state index is 0.148. The number of hydrogen-bond acceptors (Lipinski definition) is 3. The van der Waals surface area contributed by atoms with Crippen LogP contribution in [0.3, 0.4) is 0 Å². The lowest BCUT2D eigenvalue weighted by molar-refractivity contribution is 0.187. The number of ether oxygens (including phenoxy) is 1. The molecule has 6 heteroatoms. The lowest BCUT2D eigenvalue weighted by Gasteiger charge is -2.20. The van der Waals surface area contributed by atoms with E-state index in [4.69, 9.17) is 4.74 Å². The van der Waals surface area contributed by atoms with E-state index in [1.54, 1.807) is 26.8 Å². The molecule has 0 aliphatic rings. The van der Waals surface area contributed by atoms with Crippen molar-refractivity contribution in [3.05, 3.63) is 21.8 Å². The Kier molecular flexibility index (Phi) is 4.06. The Bertz CT molecular complexity index is 384. The Hall–Kier alpha value is -0.920. The number of carbonyl (C=O) groups is 1. The summed E-state index contributed by atoms with van der Waals surface area (Å²) in [5.74, 6) is -0.944. The van der Waals surface area contributed by atoms with E-state index in [-0.39, 0.29) is 5.75 Å². The molecule has 1 N–H and O–H groups in total. The monoisotopic (exact) mass is 338 g/mol. The fourth-order valence-corrected chi connectivity index (χ4v) is 1.41. The molecule has 0 saturated heterocycles. The highest BCUT2D eigenvalue weighted by Gasteiger charge is 2.18. The predicted octanol–water partition coefficient (Wildman–Crippen LogP) is 2.71. The first-order valence-electron chi connectivity index (χ1n) is 4.59. The molecular weight excluding hydrogens is 326 g/mol. The Morgan fingerprint density at radius 1 is 1.56 bits per heavy atom. The summed E-state index contributed by atoms with van der Waals surface area (Å²) in [6, 6.07) is 1.56. The van der Waals surface area contributed by atoms with Crippen LogP contribution in [0.5, 0.6) is 5.75 Å². The number of amides is 1. The van der Waals surface area contributed by atoms with Crippen molar-refractivity contribution in [2.45, 2.75) is 26.3 Å². The van der Waals surface area contributed by atoms with Crippen molar-refractivity contribution in [2.75, 3.05) is 0 Å². The van der Waals surface area contributed by atoms with Gasteiger partial charge in [-0.05, 0) is 49.4 Å². The summed E-state index contributed by atoms with van der Waals surface area (Å²) in [6.45, 7) is 5.41. The van der Waals surface area contributed by atoms with Gasteiger partial charge >= 0.3 is 6.09 Å². The molecule has 1 aromatic rings. The molecule has 0 bridgehead atoms. The molecule has 0 saturated carbocycles. The smallest absolute Gasteiger partial charge is 0.404 e. The highest BCUT2D eigenvalue weighted by atomic mass is 127. The third kappa shape index (κ3) is 3.92. The van der Waals surface area contributed by atoms with Gasteiger partial charge in [0.05, 0.1) is 3.57 Å². The first-order chi connectivity index (χ1) is 7.29. The molecule has 1 aromatic heterocycles. The highest BCUT2D eigenvalue weighted by molar-refractivity contribution is 14.1. The van der Waals surface area contributed by atoms with Crippen LogP contribution in [0, 0.1) is 9.52 Å². The van der Waals surface area contributed by atoms with E-state index in [2.05, 4.69) is 10.3 Å². The van der Waals surface area contributed by atoms with Gasteiger partial charge in [0.1, 0.15) is 0 Å². The summed E-state index contributed by atoms with van der Waals surface area (Å²) in [7, 11) is 0. The maximum atomic E-state index is 13.2. The van der Waals surface area contributed by atoms with Crippen LogP contribution in [0.1, 0.15) is 20.8 Å². The second-order valence-corrected chi connectivity index (χ2v) is 5.34. The Morgan fingerprint density at radius 3 is 2.69 bits per heavy atom. The van der Waals surface area contributed by atoms with E-state index >= 15 is 0 Å². The fraction of sp³-hybridized carbons (Fsp3) is 0.400. The minimum Gasteiger partial charge on any atom is -0.404 e. The first-order valence-corrected chi connectivity index (χ1v) is 5.67. The summed E-state index contributed by atoms with van der Waals surface area (Å²) >= 11 is 1.87. The molecule has 88 valence electrons. The molecule has 16 heavy (non-hydrogen) atoms. The van der Waals surface area contributed by atoms with Gasteiger partial charge in [0.2, 0.25) is 5.75 Å². The summed E-state index contributed by atoms with van der Waals surface area (Å²) < 4.78 is 18.6. The largest absolute Gasteiger partial charge is 0.413 e. The van der Waals surface area contributed by atoms with E-state index in [1.807, 2.05) is 22.6 Å². The maximum absolute atomic E-state index is 13.2. The maximum Gasteiger partial charge on any atom is 0.413 e. The van der Waals surface area contributed by atoms with Crippen LogP contribution in [0.25, 0.3) is 0 Å². The standard InChI is InChI=1S/C10H12FIN2O2/c1-10(2,3)14-9(15)16-7-6(12)4-5-13-8(7)11/h4-5H,1-3H3,(H,14,15). The van der Waals surface area contributed by atoms with Crippen molar-refractivity contribution in [1.82, 2.24) is 10.3 Å². The van der Waals surface area contributed by atoms with E-state index in [9.17, 15) is 9.18 Å². The van der Waals surface area contributed by atoms with Crippen LogP contribution in [0.4, 0.5) is 9.18 Å². The van der Waals surface area contributed by atoms with Gasteiger partial charge in [-0.3, -0.25) is 0 Å². The molecule has 0 unspecified atom stereocenters. The quantitative estimate of drug-likeness (QED) is 0.633. The lowest BCUT2D eigenvalue weighted by atomic mass is 10.1. The van der Waals surface area contributed by atoms with Gasteiger partial charge in [-0.1, -0.05) is 0 Å². The normalized spacial score (nSPS) is 11.1. The van der Waals surface area contributed by atoms with E-state index < -0.39 is 17.6 Å². The summed E-state index contributed by atoms with van der Waals surface area (Å²) in [6.07, 6.45) is 0.614. The van der Waals surface area contributed by atoms with Crippen LogP contribution in [-0.4, -0.2) is 16.6 Å². The number of carbonyl (C=O) groups excluding carboxylic acids is 1. The zero-order valence-electron chi connectivity index (χ0n) is 9.17. The SMILES string of the molecule is CC(C)(C)NC(=O)Oc1c(I)ccnc1F. The molecule has 0 fully saturated rings. The van der Waals surface area contributed by atoms with Gasteiger partial charge in [-0.25, -0.2) is 9.78 Å². The number of halogens is 2. The van der Waals surface area contributed by atoms with Crippen LogP contribution >= 0.6 is 22.6 Å². The molecule has 1 amide bonds. The van der Waals surface area contributed by atoms with Crippen LogP contribution in [-0.2, 0) is 0 Å². The lowest BCUT2D eigenvalue weighted by Crippen LogP contribution is -2.42. The van der Waals surface area contributed by atoms with Gasteiger partial charge in [-0.15, -0.1) is 0 Å². The topological polar surface area (TPSA) is 51.2 Å². The average molecular weight is 338 g/mol. The fourth-order valence-electron chi connectivity index (χ4n) is 0.916. The minimum atomic E-state index is -0.795. The zero-order valence-corrected chi connectivity index (χ0v) is 11.3. The van der Waals surface area contributed by atoms with Crippen molar-refractivity contribution in [3.63, 3.8) is 0 Å². The van der Waals surface area contributed by atoms with E-state index in [0.717, 1.165) is 0 Å². The van der Waals surface area contributed by atoms with E-state index in [0.29, 0.717) is 3.57 Å². The average Bonchev–Trinajstić information content (AvgIpc) is 2.08. The number of nitrogens with zero attached hydrogens (tertiary/aromatic N) is 1. The molecule has 0 aliphatic carbocycles. The number of nitrogens with one attached hydrogen (secondary N) is 1. The van der Waals surface area contributed by atoms with Gasteiger partial charge in [0.25, 0.3) is 5.95 Å². The molecule has 1 rings (SSSR count). The van der Waals surface area contributed by atoms with E-state index in [1.165, 1.54) is 6.20 Å². The number of pyridine rings is 1. The molecule has 0 atom stereocenters. The molecule has 0 spiro atoms. The summed E-state index contributed by atoms with van der Waals surface area (Å²) in [5, 5.41) is 2.56. The van der Waals surface area contributed by atoms with Crippen molar-refractivity contribution in [3.8, 4) is 5.75 Å². The molecule has 4 nitrogen and oxygen atoms in total. The van der Waals surface area contributed by atoms with Crippen molar-refractivity contribution >= 4 is 28.7 Å². The van der Waals surface area contributed by atoms with Crippen molar-refractivity contribution in [1.29, 1.82) is 0 Å². The van der Waals surface area contributed by atoms with Crippen LogP contribution in [0.15, 0.2) is 12.3 Å². The van der Waals surface area contributed by atoms with Gasteiger partial charge in [0.15, 0.2) is 0 Å². The Morgan fingerprint density at radius 2 is 2.19 bits per heavy atom. The second kappa shape index (κ2) is 4.94. The third-order valence-electron chi connectivity index (χ3n) is 1.48. The first kappa shape index (κ1) is 13.1. The van der Waals surface area contributed by atoms with Crippen LogP contribution < -0.4 is 10.1 Å². The molecule has 0 radical (unpaired) electrons. The molecule has 1 heterocycles. The Balaban J connectivity index is 2.78. The predicted molar refractivity (Wildman–Crippen MR) is 65.8 cm³/mol. The van der Waals surface area contributed by atoms with Gasteiger partial charge < -0.3 is 10.1 Å². The number of rotatable bonds is 1. The van der Waals surface area contributed by atoms with Crippen molar-refractivity contribution < 1.29 is 13.9 Å². The zero-order chi connectivity index (χ0) is 12.3. The summed E-state index contributed by atoms with van der Waals surface area (Å²) in [4.78, 5) is 14.8.